The zero-order valence-corrected chi connectivity index (χ0v) is 10.2. The van der Waals surface area contributed by atoms with E-state index < -0.39 is 5.82 Å². The number of ether oxygens (including phenoxy) is 1. The van der Waals surface area contributed by atoms with Crippen LogP contribution in [0.5, 0.6) is 5.75 Å². The van der Waals surface area contributed by atoms with Crippen LogP contribution in [0.25, 0.3) is 11.5 Å². The van der Waals surface area contributed by atoms with Crippen LogP contribution in [-0.4, -0.2) is 17.3 Å². The van der Waals surface area contributed by atoms with E-state index >= 15 is 0 Å². The molecular formula is C12H14FN3O2. The Morgan fingerprint density at radius 1 is 1.50 bits per heavy atom. The Bertz CT molecular complexity index is 542. The van der Waals surface area contributed by atoms with Crippen molar-refractivity contribution in [1.29, 1.82) is 0 Å². The third-order valence-electron chi connectivity index (χ3n) is 2.61. The maximum atomic E-state index is 13.3. The fourth-order valence-electron chi connectivity index (χ4n) is 1.48. The fraction of sp³-hybridized carbons (Fsp3) is 0.333. The van der Waals surface area contributed by atoms with Gasteiger partial charge in [0.25, 0.3) is 5.89 Å². The van der Waals surface area contributed by atoms with Crippen LogP contribution >= 0.6 is 0 Å². The highest BCUT2D eigenvalue weighted by Crippen LogP contribution is 2.25. The van der Waals surface area contributed by atoms with E-state index in [4.69, 9.17) is 15.0 Å². The predicted molar refractivity (Wildman–Crippen MR) is 63.5 cm³/mol. The molecule has 2 N–H and O–H groups in total. The fourth-order valence-corrected chi connectivity index (χ4v) is 1.48. The highest BCUT2D eigenvalue weighted by Gasteiger charge is 2.15. The van der Waals surface area contributed by atoms with E-state index in [0.717, 1.165) is 0 Å². The third kappa shape index (κ3) is 2.33. The predicted octanol–water partition coefficient (Wildman–Crippen LogP) is 2.29. The normalized spacial score (nSPS) is 12.4. The zero-order chi connectivity index (χ0) is 13.1. The van der Waals surface area contributed by atoms with Crippen LogP contribution in [0.4, 0.5) is 4.39 Å². The SMILES string of the molecule is CCC(N)c1noc(-c2ccc(F)c(OC)c2)n1. The second-order valence-corrected chi connectivity index (χ2v) is 3.82. The molecule has 0 spiro atoms. The molecule has 0 amide bonds. The molecule has 0 aliphatic carbocycles. The Hall–Kier alpha value is -1.95. The van der Waals surface area contributed by atoms with E-state index in [9.17, 15) is 4.39 Å². The molecule has 1 aromatic heterocycles. The van der Waals surface area contributed by atoms with Crippen molar-refractivity contribution in [2.45, 2.75) is 19.4 Å². The van der Waals surface area contributed by atoms with Crippen LogP contribution in [-0.2, 0) is 0 Å². The van der Waals surface area contributed by atoms with Crippen LogP contribution in [0.2, 0.25) is 0 Å². The average Bonchev–Trinajstić information content (AvgIpc) is 2.88. The molecule has 18 heavy (non-hydrogen) atoms. The molecule has 1 atom stereocenters. The summed E-state index contributed by atoms with van der Waals surface area (Å²) in [5.74, 6) is 0.432. The number of hydrogen-bond acceptors (Lipinski definition) is 5. The van der Waals surface area contributed by atoms with Crippen molar-refractivity contribution in [3.05, 3.63) is 29.8 Å². The summed E-state index contributed by atoms with van der Waals surface area (Å²) < 4.78 is 23.2. The van der Waals surface area contributed by atoms with E-state index in [1.165, 1.54) is 19.2 Å². The van der Waals surface area contributed by atoms with Crippen molar-refractivity contribution >= 4 is 0 Å². The summed E-state index contributed by atoms with van der Waals surface area (Å²) in [4.78, 5) is 4.18. The van der Waals surface area contributed by atoms with E-state index in [1.54, 1.807) is 6.07 Å². The summed E-state index contributed by atoms with van der Waals surface area (Å²) in [5.41, 5.74) is 6.39. The van der Waals surface area contributed by atoms with E-state index in [-0.39, 0.29) is 11.8 Å². The minimum absolute atomic E-state index is 0.132. The van der Waals surface area contributed by atoms with Crippen LogP contribution in [0, 0.1) is 5.82 Å². The van der Waals surface area contributed by atoms with Crippen molar-refractivity contribution in [1.82, 2.24) is 10.1 Å². The van der Waals surface area contributed by atoms with E-state index in [0.29, 0.717) is 23.7 Å². The molecule has 1 aromatic carbocycles. The summed E-state index contributed by atoms with van der Waals surface area (Å²) in [7, 11) is 1.40. The van der Waals surface area contributed by atoms with Crippen LogP contribution in [0.15, 0.2) is 22.7 Å². The minimum Gasteiger partial charge on any atom is -0.494 e. The highest BCUT2D eigenvalue weighted by molar-refractivity contribution is 5.56. The number of methoxy groups -OCH3 is 1. The Labute approximate surface area is 104 Å². The third-order valence-corrected chi connectivity index (χ3v) is 2.61. The highest BCUT2D eigenvalue weighted by atomic mass is 19.1. The van der Waals surface area contributed by atoms with Crippen LogP contribution in [0.3, 0.4) is 0 Å². The number of nitrogens with zero attached hydrogens (tertiary/aromatic N) is 2. The van der Waals surface area contributed by atoms with Gasteiger partial charge in [-0.3, -0.25) is 0 Å². The van der Waals surface area contributed by atoms with Gasteiger partial charge in [-0.05, 0) is 24.6 Å². The first-order chi connectivity index (χ1) is 8.65. The quantitative estimate of drug-likeness (QED) is 0.902. The van der Waals surface area contributed by atoms with Gasteiger partial charge in [0.1, 0.15) is 0 Å². The molecule has 2 rings (SSSR count). The van der Waals surface area contributed by atoms with Gasteiger partial charge < -0.3 is 15.0 Å². The molecule has 1 heterocycles. The molecule has 0 fully saturated rings. The average molecular weight is 251 g/mol. The number of nitrogens with two attached hydrogens (primary N) is 1. The molecule has 5 nitrogen and oxygen atoms in total. The van der Waals surface area contributed by atoms with Gasteiger partial charge in [0.2, 0.25) is 0 Å². The molecule has 0 radical (unpaired) electrons. The maximum Gasteiger partial charge on any atom is 0.258 e. The van der Waals surface area contributed by atoms with Gasteiger partial charge in [0.15, 0.2) is 17.4 Å². The summed E-state index contributed by atoms with van der Waals surface area (Å²) in [6.07, 6.45) is 0.714. The van der Waals surface area contributed by atoms with Gasteiger partial charge in [0, 0.05) is 5.56 Å². The van der Waals surface area contributed by atoms with Gasteiger partial charge in [-0.25, -0.2) is 4.39 Å². The molecule has 0 saturated carbocycles. The molecule has 0 bridgehead atoms. The number of hydrogen-bond donors (Lipinski definition) is 1. The Morgan fingerprint density at radius 3 is 2.94 bits per heavy atom. The lowest BCUT2D eigenvalue weighted by atomic mass is 10.2. The van der Waals surface area contributed by atoms with Gasteiger partial charge in [0.05, 0.1) is 13.2 Å². The second kappa shape index (κ2) is 5.14. The summed E-state index contributed by atoms with van der Waals surface area (Å²) >= 11 is 0. The number of aromatic nitrogens is 2. The molecule has 1 unspecified atom stereocenters. The molecule has 2 aromatic rings. The topological polar surface area (TPSA) is 74.2 Å². The Morgan fingerprint density at radius 2 is 2.28 bits per heavy atom. The first-order valence-corrected chi connectivity index (χ1v) is 5.58. The van der Waals surface area contributed by atoms with Gasteiger partial charge in [-0.1, -0.05) is 12.1 Å². The summed E-state index contributed by atoms with van der Waals surface area (Å²) in [6, 6.07) is 4.08. The lowest BCUT2D eigenvalue weighted by Crippen LogP contribution is -2.10. The largest absolute Gasteiger partial charge is 0.494 e. The van der Waals surface area contributed by atoms with E-state index in [2.05, 4.69) is 10.1 Å². The van der Waals surface area contributed by atoms with Gasteiger partial charge in [-0.15, -0.1) is 0 Å². The van der Waals surface area contributed by atoms with Gasteiger partial charge >= 0.3 is 0 Å². The molecule has 0 aliphatic heterocycles. The second-order valence-electron chi connectivity index (χ2n) is 3.82. The van der Waals surface area contributed by atoms with Crippen LogP contribution < -0.4 is 10.5 Å². The van der Waals surface area contributed by atoms with Crippen molar-refractivity contribution in [3.63, 3.8) is 0 Å². The van der Waals surface area contributed by atoms with Crippen LogP contribution in [0.1, 0.15) is 25.2 Å². The van der Waals surface area contributed by atoms with Crippen molar-refractivity contribution in [3.8, 4) is 17.2 Å². The van der Waals surface area contributed by atoms with Crippen molar-refractivity contribution in [2.75, 3.05) is 7.11 Å². The van der Waals surface area contributed by atoms with Crippen molar-refractivity contribution in [2.24, 2.45) is 5.73 Å². The maximum absolute atomic E-state index is 13.3. The van der Waals surface area contributed by atoms with Crippen molar-refractivity contribution < 1.29 is 13.7 Å². The molecule has 6 heteroatoms. The molecule has 96 valence electrons. The lowest BCUT2D eigenvalue weighted by Gasteiger charge is -2.02. The lowest BCUT2D eigenvalue weighted by molar-refractivity contribution is 0.385. The number of halogens is 1. The first kappa shape index (κ1) is 12.5. The monoisotopic (exact) mass is 251 g/mol. The standard InChI is InChI=1S/C12H14FN3O2/c1-3-9(14)11-15-12(18-16-11)7-4-5-8(13)10(6-7)17-2/h4-6,9H,3,14H2,1-2H3. The number of benzene rings is 1. The first-order valence-electron chi connectivity index (χ1n) is 5.58. The summed E-state index contributed by atoms with van der Waals surface area (Å²) in [6.45, 7) is 1.93. The smallest absolute Gasteiger partial charge is 0.258 e. The molecule has 0 saturated heterocycles. The van der Waals surface area contributed by atoms with Gasteiger partial charge in [-0.2, -0.15) is 4.98 Å². The van der Waals surface area contributed by atoms with E-state index in [1.807, 2.05) is 6.92 Å². The minimum atomic E-state index is -0.439. The molecular weight excluding hydrogens is 237 g/mol. The number of rotatable bonds is 4. The Kier molecular flexibility index (Phi) is 3.57. The molecule has 0 aliphatic rings. The summed E-state index contributed by atoms with van der Waals surface area (Å²) in [5, 5.41) is 3.80. The zero-order valence-electron chi connectivity index (χ0n) is 10.2. The Balaban J connectivity index is 2.34.